The number of aryl methyl sites for hydroxylation is 1. The van der Waals surface area contributed by atoms with Crippen LogP contribution >= 0.6 is 24.0 Å². The Kier molecular flexibility index (Phi) is 7.54. The second-order valence-corrected chi connectivity index (χ2v) is 5.97. The van der Waals surface area contributed by atoms with E-state index in [1.54, 1.807) is 6.26 Å². The largest absolute Gasteiger partial charge is 0.368 e. The molecule has 1 fully saturated rings. The Morgan fingerprint density at radius 1 is 1.24 bits per heavy atom. The first-order valence-electron chi connectivity index (χ1n) is 8.50. The van der Waals surface area contributed by atoms with Gasteiger partial charge in [-0.2, -0.15) is 0 Å². The number of anilines is 1. The maximum Gasteiger partial charge on any atom is 0.194 e. The van der Waals surface area contributed by atoms with Crippen molar-refractivity contribution in [3.63, 3.8) is 0 Å². The highest BCUT2D eigenvalue weighted by Crippen LogP contribution is 2.17. The van der Waals surface area contributed by atoms with Gasteiger partial charge < -0.3 is 19.6 Å². The van der Waals surface area contributed by atoms with Crippen LogP contribution in [0.1, 0.15) is 18.2 Å². The second kappa shape index (κ2) is 9.65. The van der Waals surface area contributed by atoms with Crippen molar-refractivity contribution in [2.45, 2.75) is 20.4 Å². The topological polar surface area (TPSA) is 56.9 Å². The average Bonchev–Trinajstić information content (AvgIpc) is 3.12. The van der Waals surface area contributed by atoms with Crippen molar-refractivity contribution in [1.29, 1.82) is 0 Å². The fourth-order valence-electron chi connectivity index (χ4n) is 2.90. The van der Waals surface area contributed by atoms with E-state index in [4.69, 9.17) is 4.52 Å². The van der Waals surface area contributed by atoms with E-state index in [-0.39, 0.29) is 24.0 Å². The minimum Gasteiger partial charge on any atom is -0.368 e. The van der Waals surface area contributed by atoms with E-state index < -0.39 is 0 Å². The van der Waals surface area contributed by atoms with Crippen LogP contribution in [0.25, 0.3) is 0 Å². The van der Waals surface area contributed by atoms with Gasteiger partial charge >= 0.3 is 0 Å². The summed E-state index contributed by atoms with van der Waals surface area (Å²) in [5.74, 6) is 0.949. The van der Waals surface area contributed by atoms with Crippen LogP contribution in [0.5, 0.6) is 0 Å². The molecular weight excluding hydrogens is 429 g/mol. The molecule has 1 saturated heterocycles. The minimum absolute atomic E-state index is 0. The van der Waals surface area contributed by atoms with Gasteiger partial charge in [0.05, 0.1) is 6.54 Å². The van der Waals surface area contributed by atoms with Crippen LogP contribution in [0.2, 0.25) is 0 Å². The van der Waals surface area contributed by atoms with E-state index >= 15 is 0 Å². The van der Waals surface area contributed by atoms with E-state index in [0.29, 0.717) is 6.54 Å². The number of benzene rings is 1. The van der Waals surface area contributed by atoms with Gasteiger partial charge in [0, 0.05) is 44.5 Å². The summed E-state index contributed by atoms with van der Waals surface area (Å²) in [5, 5.41) is 7.29. The van der Waals surface area contributed by atoms with Gasteiger partial charge in [-0.25, -0.2) is 4.99 Å². The number of aliphatic imine (C=N–C) groups is 1. The zero-order chi connectivity index (χ0) is 16.8. The average molecular weight is 455 g/mol. The molecule has 3 rings (SSSR count). The van der Waals surface area contributed by atoms with E-state index in [2.05, 4.69) is 63.4 Å². The Morgan fingerprint density at radius 2 is 2.04 bits per heavy atom. The van der Waals surface area contributed by atoms with Crippen LogP contribution in [0.4, 0.5) is 5.69 Å². The van der Waals surface area contributed by atoms with Crippen molar-refractivity contribution >= 4 is 35.6 Å². The summed E-state index contributed by atoms with van der Waals surface area (Å²) in [6, 6.07) is 10.6. The molecule has 0 amide bonds. The van der Waals surface area contributed by atoms with E-state index in [9.17, 15) is 0 Å². The molecule has 2 heterocycles. The summed E-state index contributed by atoms with van der Waals surface area (Å²) in [4.78, 5) is 9.43. The molecule has 1 aliphatic rings. The third-order valence-electron chi connectivity index (χ3n) is 4.16. The maximum atomic E-state index is 4.86. The highest BCUT2D eigenvalue weighted by Gasteiger charge is 2.19. The van der Waals surface area contributed by atoms with Crippen LogP contribution < -0.4 is 10.2 Å². The van der Waals surface area contributed by atoms with E-state index in [1.165, 1.54) is 11.3 Å². The number of hydrogen-bond donors (Lipinski definition) is 1. The molecule has 25 heavy (non-hydrogen) atoms. The third-order valence-corrected chi connectivity index (χ3v) is 4.16. The number of rotatable bonds is 4. The molecule has 0 aliphatic carbocycles. The van der Waals surface area contributed by atoms with Gasteiger partial charge in [-0.3, -0.25) is 0 Å². The molecule has 0 radical (unpaired) electrons. The first-order chi connectivity index (χ1) is 11.8. The number of guanidine groups is 1. The summed E-state index contributed by atoms with van der Waals surface area (Å²) < 4.78 is 4.86. The number of halogens is 1. The van der Waals surface area contributed by atoms with Crippen LogP contribution in [-0.4, -0.2) is 48.7 Å². The standard InChI is InChI=1S/C18H25N5O.HI/c1-3-19-18(20-14-16-7-12-24-21-16)23-10-8-22(9-11-23)17-6-4-5-15(2)13-17;/h4-7,12-13H,3,8-11,14H2,1-2H3,(H,19,20);1H. The Hall–Kier alpha value is -1.77. The molecule has 0 atom stereocenters. The number of nitrogens with one attached hydrogen (secondary N) is 1. The Morgan fingerprint density at radius 3 is 2.68 bits per heavy atom. The molecule has 2 aromatic rings. The van der Waals surface area contributed by atoms with E-state index in [1.807, 2.05) is 6.07 Å². The van der Waals surface area contributed by atoms with Gasteiger partial charge in [-0.05, 0) is 31.5 Å². The van der Waals surface area contributed by atoms with Crippen LogP contribution in [0.15, 0.2) is 46.1 Å². The SMILES string of the molecule is CCNC(=NCc1ccon1)N1CCN(c2cccc(C)c2)CC1.I. The molecule has 136 valence electrons. The predicted molar refractivity (Wildman–Crippen MR) is 112 cm³/mol. The van der Waals surface area contributed by atoms with Crippen molar-refractivity contribution in [3.8, 4) is 0 Å². The highest BCUT2D eigenvalue weighted by atomic mass is 127. The first-order valence-corrected chi connectivity index (χ1v) is 8.50. The third kappa shape index (κ3) is 5.35. The normalized spacial score (nSPS) is 15.0. The predicted octanol–water partition coefficient (Wildman–Crippen LogP) is 2.89. The van der Waals surface area contributed by atoms with Gasteiger partial charge in [0.25, 0.3) is 0 Å². The fraction of sp³-hybridized carbons (Fsp3) is 0.444. The molecule has 1 aliphatic heterocycles. The molecule has 0 bridgehead atoms. The zero-order valence-corrected chi connectivity index (χ0v) is 17.1. The van der Waals surface area contributed by atoms with Crippen molar-refractivity contribution in [1.82, 2.24) is 15.4 Å². The van der Waals surface area contributed by atoms with Crippen molar-refractivity contribution in [2.75, 3.05) is 37.6 Å². The quantitative estimate of drug-likeness (QED) is 0.437. The van der Waals surface area contributed by atoms with Crippen LogP contribution in [0, 0.1) is 6.92 Å². The summed E-state index contributed by atoms with van der Waals surface area (Å²) in [6.45, 7) is 9.54. The summed E-state index contributed by atoms with van der Waals surface area (Å²) in [7, 11) is 0. The lowest BCUT2D eigenvalue weighted by Gasteiger charge is -2.37. The van der Waals surface area contributed by atoms with Crippen molar-refractivity contribution in [2.24, 2.45) is 4.99 Å². The molecule has 0 saturated carbocycles. The lowest BCUT2D eigenvalue weighted by molar-refractivity contribution is 0.372. The summed E-state index contributed by atoms with van der Waals surface area (Å²) >= 11 is 0. The molecule has 1 aromatic heterocycles. The Bertz CT molecular complexity index is 666. The Labute approximate surface area is 166 Å². The number of piperazine rings is 1. The van der Waals surface area contributed by atoms with Crippen LogP contribution in [0.3, 0.4) is 0 Å². The Balaban J connectivity index is 0.00000225. The van der Waals surface area contributed by atoms with E-state index in [0.717, 1.165) is 44.4 Å². The molecule has 1 N–H and O–H groups in total. The van der Waals surface area contributed by atoms with Gasteiger partial charge in [0.1, 0.15) is 12.0 Å². The minimum atomic E-state index is 0. The molecule has 1 aromatic carbocycles. The lowest BCUT2D eigenvalue weighted by atomic mass is 10.2. The maximum absolute atomic E-state index is 4.86. The molecular formula is C18H26IN5O. The fourth-order valence-corrected chi connectivity index (χ4v) is 2.90. The molecule has 7 heteroatoms. The van der Waals surface area contributed by atoms with Gasteiger partial charge in [0.15, 0.2) is 5.96 Å². The number of hydrogen-bond acceptors (Lipinski definition) is 4. The number of nitrogens with zero attached hydrogens (tertiary/aromatic N) is 4. The zero-order valence-electron chi connectivity index (χ0n) is 14.8. The smallest absolute Gasteiger partial charge is 0.194 e. The molecule has 0 unspecified atom stereocenters. The van der Waals surface area contributed by atoms with Gasteiger partial charge in [-0.15, -0.1) is 24.0 Å². The second-order valence-electron chi connectivity index (χ2n) is 5.97. The van der Waals surface area contributed by atoms with Gasteiger partial charge in [-0.1, -0.05) is 17.3 Å². The summed E-state index contributed by atoms with van der Waals surface area (Å²) in [5.41, 5.74) is 3.46. The molecule has 6 nitrogen and oxygen atoms in total. The number of aromatic nitrogens is 1. The monoisotopic (exact) mass is 455 g/mol. The van der Waals surface area contributed by atoms with Crippen molar-refractivity contribution < 1.29 is 4.52 Å². The van der Waals surface area contributed by atoms with Gasteiger partial charge in [0.2, 0.25) is 0 Å². The lowest BCUT2D eigenvalue weighted by Crippen LogP contribution is -2.52. The van der Waals surface area contributed by atoms with Crippen LogP contribution in [-0.2, 0) is 6.54 Å². The summed E-state index contributed by atoms with van der Waals surface area (Å²) in [6.07, 6.45) is 1.58. The highest BCUT2D eigenvalue weighted by molar-refractivity contribution is 14.0. The van der Waals surface area contributed by atoms with Crippen molar-refractivity contribution in [3.05, 3.63) is 47.9 Å². The molecule has 0 spiro atoms. The first kappa shape index (κ1) is 19.6.